The Hall–Kier alpha value is -3.23. The molecule has 3 heterocycles. The highest BCUT2D eigenvalue weighted by atomic mass is 16.5. The van der Waals surface area contributed by atoms with Gasteiger partial charge in [0.25, 0.3) is 5.91 Å². The van der Waals surface area contributed by atoms with Gasteiger partial charge >= 0.3 is 0 Å². The monoisotopic (exact) mass is 454 g/mol. The molecule has 1 atom stereocenters. The Morgan fingerprint density at radius 2 is 1.88 bits per heavy atom. The van der Waals surface area contributed by atoms with Crippen molar-refractivity contribution in [3.8, 4) is 5.75 Å². The number of benzene rings is 2. The van der Waals surface area contributed by atoms with Crippen molar-refractivity contribution in [3.63, 3.8) is 0 Å². The second kappa shape index (κ2) is 9.33. The molecule has 33 heavy (non-hydrogen) atoms. The van der Waals surface area contributed by atoms with Crippen molar-refractivity contribution in [3.05, 3.63) is 64.7 Å². The van der Waals surface area contributed by atoms with Gasteiger partial charge in [0.05, 0.1) is 26.6 Å². The van der Waals surface area contributed by atoms with E-state index in [1.165, 1.54) is 18.2 Å². The molecule has 8 nitrogen and oxygen atoms in total. The van der Waals surface area contributed by atoms with Crippen LogP contribution in [-0.4, -0.2) is 59.8 Å². The van der Waals surface area contributed by atoms with Crippen LogP contribution in [-0.2, 0) is 33.9 Å². The van der Waals surface area contributed by atoms with Gasteiger partial charge in [0.2, 0.25) is 11.8 Å². The van der Waals surface area contributed by atoms with Gasteiger partial charge in [-0.25, -0.2) is 0 Å². The number of hydrogen-bond donors (Lipinski definition) is 1. The van der Waals surface area contributed by atoms with Crippen LogP contribution >= 0.6 is 0 Å². The van der Waals surface area contributed by atoms with E-state index >= 15 is 0 Å². The number of rotatable bonds is 6. The first-order valence-electron chi connectivity index (χ1n) is 13.3. The molecule has 5 rings (SSSR count). The number of ether oxygens (including phenoxy) is 2. The van der Waals surface area contributed by atoms with Gasteiger partial charge < -0.3 is 14.4 Å². The van der Waals surface area contributed by atoms with Gasteiger partial charge in [0.1, 0.15) is 18.3 Å². The quantitative estimate of drug-likeness (QED) is 0.671. The van der Waals surface area contributed by atoms with Gasteiger partial charge in [-0.3, -0.25) is 24.6 Å². The lowest BCUT2D eigenvalue weighted by Gasteiger charge is -2.29. The Kier molecular flexibility index (Phi) is 4.63. The summed E-state index contributed by atoms with van der Waals surface area (Å²) < 4.78 is 54.3. The second-order valence-electron chi connectivity index (χ2n) is 8.04. The first-order chi connectivity index (χ1) is 17.9. The fourth-order valence-electron chi connectivity index (χ4n) is 4.01. The average Bonchev–Trinajstić information content (AvgIpc) is 3.08. The first-order valence-corrected chi connectivity index (χ1v) is 10.8. The lowest BCUT2D eigenvalue weighted by atomic mass is 10.0. The predicted molar refractivity (Wildman–Crippen MR) is 119 cm³/mol. The highest BCUT2D eigenvalue weighted by Crippen LogP contribution is 2.34. The molecular weight excluding hydrogens is 422 g/mol. The summed E-state index contributed by atoms with van der Waals surface area (Å²) in [6.07, 6.45) is -0.594. The zero-order valence-corrected chi connectivity index (χ0v) is 17.9. The highest BCUT2D eigenvalue weighted by Gasteiger charge is 2.40. The molecule has 0 saturated carbocycles. The Labute approximate surface area is 199 Å². The maximum Gasteiger partial charge on any atom is 0.255 e. The topological polar surface area (TPSA) is 88.2 Å². The lowest BCUT2D eigenvalue weighted by Crippen LogP contribution is -2.52. The minimum Gasteiger partial charge on any atom is -0.489 e. The molecule has 0 aliphatic carbocycles. The van der Waals surface area contributed by atoms with Crippen LogP contribution in [0.2, 0.25) is 0 Å². The zero-order chi connectivity index (χ0) is 27.3. The molecule has 0 bridgehead atoms. The van der Waals surface area contributed by atoms with Crippen LogP contribution in [0, 0.1) is 0 Å². The number of morpholine rings is 1. The van der Waals surface area contributed by atoms with Crippen LogP contribution in [0.5, 0.6) is 5.75 Å². The third kappa shape index (κ3) is 4.62. The summed E-state index contributed by atoms with van der Waals surface area (Å²) in [4.78, 5) is 40.2. The Balaban J connectivity index is 1.41. The van der Waals surface area contributed by atoms with Gasteiger partial charge in [-0.05, 0) is 29.7 Å². The molecule has 8 heteroatoms. The van der Waals surface area contributed by atoms with Crippen LogP contribution in [0.15, 0.2) is 42.5 Å². The van der Waals surface area contributed by atoms with Crippen molar-refractivity contribution in [2.24, 2.45) is 0 Å². The normalized spacial score (nSPS) is 27.6. The van der Waals surface area contributed by atoms with Crippen LogP contribution < -0.4 is 10.1 Å². The second-order valence-corrected chi connectivity index (χ2v) is 8.04. The van der Waals surface area contributed by atoms with Gasteiger partial charge in [0.15, 0.2) is 0 Å². The molecule has 0 aromatic heterocycles. The standard InChI is InChI=1S/C25H27N3O5/c29-23-9-8-21(24(30)26-23)28-15-20-19(25(28)31)2-1-3-22(20)33-16-18-6-4-17(5-7-18)14-27-10-12-32-13-11-27/h1-7,21H,8-16H2,(H,26,29,30)/i15D2,16D2,21D. The third-order valence-electron chi connectivity index (χ3n) is 5.80. The van der Waals surface area contributed by atoms with Crippen molar-refractivity contribution in [2.45, 2.75) is 38.5 Å². The molecule has 172 valence electrons. The van der Waals surface area contributed by atoms with Crippen LogP contribution in [0.4, 0.5) is 0 Å². The first kappa shape index (κ1) is 16.4. The van der Waals surface area contributed by atoms with Crippen molar-refractivity contribution in [1.29, 1.82) is 0 Å². The lowest BCUT2D eigenvalue weighted by molar-refractivity contribution is -0.136. The average molecular weight is 455 g/mol. The van der Waals surface area contributed by atoms with Crippen molar-refractivity contribution in [1.82, 2.24) is 15.1 Å². The summed E-state index contributed by atoms with van der Waals surface area (Å²) >= 11 is 0. The Morgan fingerprint density at radius 1 is 1.12 bits per heavy atom. The molecule has 1 N–H and O–H groups in total. The third-order valence-corrected chi connectivity index (χ3v) is 5.80. The summed E-state index contributed by atoms with van der Waals surface area (Å²) in [6, 6.07) is 8.57. The predicted octanol–water partition coefficient (Wildman–Crippen LogP) is 1.86. The number of piperidine rings is 1. The van der Waals surface area contributed by atoms with E-state index in [1.807, 2.05) is 5.32 Å². The van der Waals surface area contributed by atoms with E-state index in [-0.39, 0.29) is 35.3 Å². The maximum absolute atomic E-state index is 13.3. The van der Waals surface area contributed by atoms with Crippen LogP contribution in [0.1, 0.15) is 46.7 Å². The van der Waals surface area contributed by atoms with Gasteiger partial charge in [-0.2, -0.15) is 0 Å². The van der Waals surface area contributed by atoms with E-state index < -0.39 is 36.8 Å². The summed E-state index contributed by atoms with van der Waals surface area (Å²) in [5, 5.41) is 2.01. The molecule has 2 aromatic rings. The minimum absolute atomic E-state index is 0.138. The van der Waals surface area contributed by atoms with E-state index in [2.05, 4.69) is 4.90 Å². The number of nitrogens with one attached hydrogen (secondary N) is 1. The van der Waals surface area contributed by atoms with Gasteiger partial charge in [-0.1, -0.05) is 30.3 Å². The summed E-state index contributed by atoms with van der Waals surface area (Å²) in [5.41, 5.74) is 0.786. The maximum atomic E-state index is 13.3. The smallest absolute Gasteiger partial charge is 0.255 e. The molecule has 2 fully saturated rings. The number of carbonyl (C=O) groups excluding carboxylic acids is 3. The fourth-order valence-corrected chi connectivity index (χ4v) is 4.01. The van der Waals surface area contributed by atoms with Crippen molar-refractivity contribution in [2.75, 3.05) is 26.3 Å². The van der Waals surface area contributed by atoms with Gasteiger partial charge in [-0.15, -0.1) is 0 Å². The Bertz CT molecular complexity index is 1280. The molecule has 0 spiro atoms. The Morgan fingerprint density at radius 3 is 2.64 bits per heavy atom. The van der Waals surface area contributed by atoms with Crippen LogP contribution in [0.25, 0.3) is 0 Å². The highest BCUT2D eigenvalue weighted by molar-refractivity contribution is 6.05. The van der Waals surface area contributed by atoms with E-state index in [0.29, 0.717) is 24.7 Å². The molecule has 2 saturated heterocycles. The zero-order valence-electron chi connectivity index (χ0n) is 22.9. The van der Waals surface area contributed by atoms with E-state index in [4.69, 9.17) is 16.3 Å². The molecule has 1 unspecified atom stereocenters. The molecule has 3 amide bonds. The van der Waals surface area contributed by atoms with E-state index in [9.17, 15) is 14.4 Å². The largest absolute Gasteiger partial charge is 0.489 e. The molecule has 2 aromatic carbocycles. The molecular formula is C25H27N3O5. The summed E-state index contributed by atoms with van der Waals surface area (Å²) in [5.74, 6) is -2.82. The molecule has 0 radical (unpaired) electrons. The number of fused-ring (bicyclic) bond motifs is 1. The van der Waals surface area contributed by atoms with Crippen LogP contribution in [0.3, 0.4) is 0 Å². The number of imide groups is 1. The number of carbonyl (C=O) groups is 3. The summed E-state index contributed by atoms with van der Waals surface area (Å²) in [6.45, 7) is -1.37. The SMILES string of the molecule is [2H]C([2H])(Oc1cccc2c1C([2H])([2H])N(C1([2H])CCC(=O)NC1=O)C2=O)c1ccc(CN2CCOCC2)cc1. The fraction of sp³-hybridized carbons (Fsp3) is 0.400. The number of hydrogen-bond acceptors (Lipinski definition) is 6. The molecule has 3 aliphatic heterocycles. The van der Waals surface area contributed by atoms with Crippen molar-refractivity contribution < 1.29 is 30.7 Å². The minimum atomic E-state index is -2.68. The summed E-state index contributed by atoms with van der Waals surface area (Å²) in [7, 11) is 0. The number of amides is 3. The van der Waals surface area contributed by atoms with E-state index in [1.54, 1.807) is 24.3 Å². The number of nitrogens with zero attached hydrogens (tertiary/aromatic N) is 2. The van der Waals surface area contributed by atoms with Crippen molar-refractivity contribution >= 4 is 17.7 Å². The van der Waals surface area contributed by atoms with Gasteiger partial charge in [0, 0.05) is 37.2 Å². The van der Waals surface area contributed by atoms with E-state index in [0.717, 1.165) is 18.7 Å². The molecule has 3 aliphatic rings.